The topological polar surface area (TPSA) is 38.2 Å². The van der Waals surface area contributed by atoms with E-state index in [2.05, 4.69) is 21.8 Å². The molecule has 0 saturated carbocycles. The van der Waals surface area contributed by atoms with Crippen molar-refractivity contribution in [1.82, 2.24) is 9.97 Å². The van der Waals surface area contributed by atoms with Crippen molar-refractivity contribution < 1.29 is 4.74 Å². The third-order valence-corrected chi connectivity index (χ3v) is 3.08. The van der Waals surface area contributed by atoms with Crippen molar-refractivity contribution in [1.29, 1.82) is 0 Å². The van der Waals surface area contributed by atoms with Crippen LogP contribution in [0, 0.1) is 6.92 Å². The highest BCUT2D eigenvalue weighted by Crippen LogP contribution is 2.19. The number of anilines is 1. The summed E-state index contributed by atoms with van der Waals surface area (Å²) in [5.74, 6) is 2.27. The lowest BCUT2D eigenvalue weighted by molar-refractivity contribution is 0.0361. The molecule has 0 N–H and O–H groups in total. The number of halogens is 1. The Kier molecular flexibility index (Phi) is 3.61. The first-order valence-electron chi connectivity index (χ1n) is 5.44. The second kappa shape index (κ2) is 4.97. The summed E-state index contributed by atoms with van der Waals surface area (Å²) in [5, 5.41) is 0. The van der Waals surface area contributed by atoms with Crippen molar-refractivity contribution in [3.63, 3.8) is 0 Å². The van der Waals surface area contributed by atoms with E-state index >= 15 is 0 Å². The highest BCUT2D eigenvalue weighted by Gasteiger charge is 2.26. The van der Waals surface area contributed by atoms with Crippen LogP contribution in [-0.2, 0) is 4.74 Å². The van der Waals surface area contributed by atoms with Crippen molar-refractivity contribution >= 4 is 17.4 Å². The third kappa shape index (κ3) is 2.44. The molecular weight excluding hydrogens is 226 g/mol. The van der Waals surface area contributed by atoms with Gasteiger partial charge in [0.2, 0.25) is 0 Å². The fourth-order valence-corrected chi connectivity index (χ4v) is 2.02. The Balaban J connectivity index is 2.17. The molecule has 88 valence electrons. The van der Waals surface area contributed by atoms with Crippen LogP contribution in [0.4, 0.5) is 5.82 Å². The molecule has 2 unspecified atom stereocenters. The zero-order valence-electron chi connectivity index (χ0n) is 9.56. The van der Waals surface area contributed by atoms with Gasteiger partial charge in [0, 0.05) is 12.7 Å². The molecule has 0 aromatic carbocycles. The van der Waals surface area contributed by atoms with Gasteiger partial charge in [0.1, 0.15) is 11.6 Å². The predicted molar refractivity (Wildman–Crippen MR) is 64.0 cm³/mol. The Morgan fingerprint density at radius 2 is 2.44 bits per heavy atom. The Bertz CT molecular complexity index is 361. The van der Waals surface area contributed by atoms with E-state index in [1.165, 1.54) is 0 Å². The SMILES string of the molecule is Cc1nccc(N2CC(CCl)OCC2C)n1. The Labute approximate surface area is 101 Å². The van der Waals surface area contributed by atoms with Crippen LogP contribution in [0.5, 0.6) is 0 Å². The van der Waals surface area contributed by atoms with Gasteiger partial charge in [0.05, 0.1) is 24.6 Å². The van der Waals surface area contributed by atoms with Gasteiger partial charge in [-0.15, -0.1) is 11.6 Å². The van der Waals surface area contributed by atoms with Crippen LogP contribution in [0.25, 0.3) is 0 Å². The van der Waals surface area contributed by atoms with Gasteiger partial charge in [-0.1, -0.05) is 0 Å². The van der Waals surface area contributed by atoms with Crippen molar-refractivity contribution in [3.05, 3.63) is 18.1 Å². The van der Waals surface area contributed by atoms with Crippen LogP contribution < -0.4 is 4.90 Å². The van der Waals surface area contributed by atoms with E-state index in [0.717, 1.165) is 18.2 Å². The van der Waals surface area contributed by atoms with Gasteiger partial charge in [-0.05, 0) is 19.9 Å². The molecule has 1 aromatic heterocycles. The fraction of sp³-hybridized carbons (Fsp3) is 0.636. The van der Waals surface area contributed by atoms with Crippen LogP contribution in [0.2, 0.25) is 0 Å². The summed E-state index contributed by atoms with van der Waals surface area (Å²) >= 11 is 5.83. The molecule has 16 heavy (non-hydrogen) atoms. The number of aryl methyl sites for hydroxylation is 1. The summed E-state index contributed by atoms with van der Waals surface area (Å²) in [7, 11) is 0. The van der Waals surface area contributed by atoms with Gasteiger partial charge in [0.15, 0.2) is 0 Å². The Hall–Kier alpha value is -0.870. The first-order chi connectivity index (χ1) is 7.70. The lowest BCUT2D eigenvalue weighted by Crippen LogP contribution is -2.49. The smallest absolute Gasteiger partial charge is 0.132 e. The highest BCUT2D eigenvalue weighted by molar-refractivity contribution is 6.18. The molecule has 1 aromatic rings. The van der Waals surface area contributed by atoms with Crippen LogP contribution in [0.15, 0.2) is 12.3 Å². The van der Waals surface area contributed by atoms with E-state index in [1.54, 1.807) is 6.20 Å². The van der Waals surface area contributed by atoms with E-state index in [1.807, 2.05) is 13.0 Å². The summed E-state index contributed by atoms with van der Waals surface area (Å²) < 4.78 is 5.60. The summed E-state index contributed by atoms with van der Waals surface area (Å²) in [4.78, 5) is 10.8. The number of aromatic nitrogens is 2. The zero-order chi connectivity index (χ0) is 11.5. The van der Waals surface area contributed by atoms with E-state index < -0.39 is 0 Å². The minimum absolute atomic E-state index is 0.0909. The molecule has 4 nitrogen and oxygen atoms in total. The summed E-state index contributed by atoms with van der Waals surface area (Å²) in [5.41, 5.74) is 0. The van der Waals surface area contributed by atoms with Gasteiger partial charge in [-0.2, -0.15) is 0 Å². The van der Waals surface area contributed by atoms with Gasteiger partial charge >= 0.3 is 0 Å². The molecule has 1 fully saturated rings. The maximum Gasteiger partial charge on any atom is 0.132 e. The predicted octanol–water partition coefficient (Wildman–Crippen LogP) is 1.62. The van der Waals surface area contributed by atoms with Crippen LogP contribution >= 0.6 is 11.6 Å². The number of rotatable bonds is 2. The van der Waals surface area contributed by atoms with Crippen LogP contribution in [0.1, 0.15) is 12.7 Å². The quantitative estimate of drug-likeness (QED) is 0.738. The van der Waals surface area contributed by atoms with Gasteiger partial charge in [-0.25, -0.2) is 9.97 Å². The van der Waals surface area contributed by atoms with Crippen LogP contribution in [-0.4, -0.2) is 41.1 Å². The van der Waals surface area contributed by atoms with Gasteiger partial charge in [0.25, 0.3) is 0 Å². The van der Waals surface area contributed by atoms with Crippen molar-refractivity contribution in [3.8, 4) is 0 Å². The number of hydrogen-bond donors (Lipinski definition) is 0. The standard InChI is InChI=1S/C11H16ClN3O/c1-8-7-16-10(5-12)6-15(8)11-3-4-13-9(2)14-11/h3-4,8,10H,5-7H2,1-2H3. The molecule has 5 heteroatoms. The van der Waals surface area contributed by atoms with E-state index in [4.69, 9.17) is 16.3 Å². The average Bonchev–Trinajstić information content (AvgIpc) is 2.30. The monoisotopic (exact) mass is 241 g/mol. The van der Waals surface area contributed by atoms with Crippen molar-refractivity contribution in [2.24, 2.45) is 0 Å². The maximum atomic E-state index is 5.83. The minimum atomic E-state index is 0.0909. The highest BCUT2D eigenvalue weighted by atomic mass is 35.5. The molecule has 0 amide bonds. The Morgan fingerprint density at radius 3 is 3.12 bits per heavy atom. The molecule has 0 spiro atoms. The largest absolute Gasteiger partial charge is 0.373 e. The average molecular weight is 242 g/mol. The molecular formula is C11H16ClN3O. The van der Waals surface area contributed by atoms with E-state index in [0.29, 0.717) is 18.5 Å². The maximum absolute atomic E-state index is 5.83. The molecule has 1 saturated heterocycles. The van der Waals surface area contributed by atoms with Crippen molar-refractivity contribution in [2.45, 2.75) is 26.0 Å². The molecule has 2 rings (SSSR count). The van der Waals surface area contributed by atoms with E-state index in [-0.39, 0.29) is 6.10 Å². The molecule has 0 radical (unpaired) electrons. The minimum Gasteiger partial charge on any atom is -0.373 e. The summed E-state index contributed by atoms with van der Waals surface area (Å²) in [6.45, 7) is 5.51. The van der Waals surface area contributed by atoms with Crippen molar-refractivity contribution in [2.75, 3.05) is 23.9 Å². The lowest BCUT2D eigenvalue weighted by Gasteiger charge is -2.38. The number of morpholine rings is 1. The second-order valence-corrected chi connectivity index (χ2v) is 4.38. The molecule has 0 aliphatic carbocycles. The number of hydrogen-bond acceptors (Lipinski definition) is 4. The molecule has 2 heterocycles. The summed E-state index contributed by atoms with van der Waals surface area (Å²) in [6.07, 6.45) is 1.88. The Morgan fingerprint density at radius 1 is 1.62 bits per heavy atom. The first-order valence-corrected chi connectivity index (χ1v) is 5.98. The first kappa shape index (κ1) is 11.6. The number of ether oxygens (including phenoxy) is 1. The van der Waals surface area contributed by atoms with Crippen LogP contribution in [0.3, 0.4) is 0 Å². The number of alkyl halides is 1. The molecule has 1 aliphatic rings. The molecule has 1 aliphatic heterocycles. The second-order valence-electron chi connectivity index (χ2n) is 4.07. The summed E-state index contributed by atoms with van der Waals surface area (Å²) in [6, 6.07) is 2.26. The normalized spacial score (nSPS) is 25.8. The van der Waals surface area contributed by atoms with Gasteiger partial charge < -0.3 is 9.64 Å². The lowest BCUT2D eigenvalue weighted by atomic mass is 10.2. The molecule has 2 atom stereocenters. The zero-order valence-corrected chi connectivity index (χ0v) is 10.3. The molecule has 0 bridgehead atoms. The van der Waals surface area contributed by atoms with E-state index in [9.17, 15) is 0 Å². The number of nitrogens with zero attached hydrogens (tertiary/aromatic N) is 3. The third-order valence-electron chi connectivity index (χ3n) is 2.73. The fourth-order valence-electron chi connectivity index (χ4n) is 1.83. The van der Waals surface area contributed by atoms with Gasteiger partial charge in [-0.3, -0.25) is 0 Å².